The monoisotopic (exact) mass is 278 g/mol. The van der Waals surface area contributed by atoms with Crippen molar-refractivity contribution in [3.05, 3.63) is 0 Å². The van der Waals surface area contributed by atoms with E-state index in [-0.39, 0.29) is 0 Å². The lowest BCUT2D eigenvalue weighted by Crippen LogP contribution is -2.57. The average Bonchev–Trinajstić information content (AvgIpc) is 2.23. The van der Waals surface area contributed by atoms with Crippen molar-refractivity contribution in [2.24, 2.45) is 34.3 Å². The minimum atomic E-state index is 0.371. The van der Waals surface area contributed by atoms with Gasteiger partial charge in [0, 0.05) is 19.1 Å². The molecule has 4 aliphatic rings. The molecule has 0 amide bonds. The molecule has 0 heterocycles. The van der Waals surface area contributed by atoms with Crippen molar-refractivity contribution in [1.82, 2.24) is 4.90 Å². The Labute approximate surface area is 125 Å². The number of nitrogens with zero attached hydrogens (tertiary/aromatic N) is 1. The zero-order valence-corrected chi connectivity index (χ0v) is 14.0. The van der Waals surface area contributed by atoms with Crippen LogP contribution in [0.3, 0.4) is 0 Å². The van der Waals surface area contributed by atoms with Crippen molar-refractivity contribution in [3.63, 3.8) is 0 Å². The van der Waals surface area contributed by atoms with Gasteiger partial charge in [0.25, 0.3) is 0 Å². The first-order valence-electron chi connectivity index (χ1n) is 8.70. The molecule has 2 nitrogen and oxygen atoms in total. The summed E-state index contributed by atoms with van der Waals surface area (Å²) in [6.45, 7) is 9.19. The SMILES string of the molecule is CN(CC(N)C12CC3CC(CC(C3)C1)C2)CC(C)(C)C. The molecule has 1 atom stereocenters. The molecule has 0 aromatic rings. The fourth-order valence-electron chi connectivity index (χ4n) is 6.04. The number of hydrogen-bond acceptors (Lipinski definition) is 2. The molecule has 1 unspecified atom stereocenters. The van der Waals surface area contributed by atoms with E-state index >= 15 is 0 Å². The smallest absolute Gasteiger partial charge is 0.0225 e. The van der Waals surface area contributed by atoms with Gasteiger partial charge >= 0.3 is 0 Å². The van der Waals surface area contributed by atoms with Gasteiger partial charge in [-0.25, -0.2) is 0 Å². The van der Waals surface area contributed by atoms with Gasteiger partial charge in [-0.05, 0) is 74.2 Å². The first-order valence-corrected chi connectivity index (χ1v) is 8.70. The van der Waals surface area contributed by atoms with E-state index in [0.717, 1.165) is 30.8 Å². The summed E-state index contributed by atoms with van der Waals surface area (Å²) in [6, 6.07) is 0.392. The Balaban J connectivity index is 1.63. The van der Waals surface area contributed by atoms with Crippen LogP contribution < -0.4 is 5.73 Å². The van der Waals surface area contributed by atoms with Gasteiger partial charge in [0.1, 0.15) is 0 Å². The topological polar surface area (TPSA) is 29.3 Å². The van der Waals surface area contributed by atoms with Crippen LogP contribution in [0.1, 0.15) is 59.3 Å². The highest BCUT2D eigenvalue weighted by molar-refractivity contribution is 5.05. The third-order valence-electron chi connectivity index (χ3n) is 6.12. The van der Waals surface area contributed by atoms with Crippen LogP contribution in [0.4, 0.5) is 0 Å². The van der Waals surface area contributed by atoms with E-state index < -0.39 is 0 Å². The van der Waals surface area contributed by atoms with Crippen molar-refractivity contribution in [1.29, 1.82) is 0 Å². The van der Waals surface area contributed by atoms with Gasteiger partial charge in [-0.15, -0.1) is 0 Å². The van der Waals surface area contributed by atoms with Crippen molar-refractivity contribution in [2.75, 3.05) is 20.1 Å². The third kappa shape index (κ3) is 2.92. The molecular formula is C18H34N2. The highest BCUT2D eigenvalue weighted by Gasteiger charge is 2.53. The number of rotatable bonds is 4. The van der Waals surface area contributed by atoms with Gasteiger partial charge < -0.3 is 10.6 Å². The molecule has 20 heavy (non-hydrogen) atoms. The van der Waals surface area contributed by atoms with Crippen molar-refractivity contribution < 1.29 is 0 Å². The minimum absolute atomic E-state index is 0.371. The third-order valence-corrected chi connectivity index (χ3v) is 6.12. The lowest BCUT2D eigenvalue weighted by molar-refractivity contribution is -0.0713. The normalized spacial score (nSPS) is 41.4. The van der Waals surface area contributed by atoms with Crippen LogP contribution in [0.25, 0.3) is 0 Å². The highest BCUT2D eigenvalue weighted by atomic mass is 15.1. The molecule has 2 N–H and O–H groups in total. The fraction of sp³-hybridized carbons (Fsp3) is 1.00. The Hall–Kier alpha value is -0.0800. The standard InChI is InChI=1S/C18H34N2/c1-17(2,3)12-20(4)11-16(19)18-8-13-5-14(9-18)7-15(6-13)10-18/h13-16H,5-12,19H2,1-4H3. The molecule has 4 bridgehead atoms. The maximum atomic E-state index is 6.75. The molecule has 4 saturated carbocycles. The van der Waals surface area contributed by atoms with Crippen LogP contribution in [0.2, 0.25) is 0 Å². The van der Waals surface area contributed by atoms with Gasteiger partial charge in [-0.3, -0.25) is 0 Å². The van der Waals surface area contributed by atoms with Crippen molar-refractivity contribution in [3.8, 4) is 0 Å². The molecule has 2 heteroatoms. The summed E-state index contributed by atoms with van der Waals surface area (Å²) in [7, 11) is 2.26. The molecule has 0 spiro atoms. The Morgan fingerprint density at radius 2 is 1.50 bits per heavy atom. The summed E-state index contributed by atoms with van der Waals surface area (Å²) >= 11 is 0. The maximum Gasteiger partial charge on any atom is 0.0225 e. The molecular weight excluding hydrogens is 244 g/mol. The van der Waals surface area contributed by atoms with Gasteiger partial charge in [-0.2, -0.15) is 0 Å². The predicted octanol–water partition coefficient (Wildman–Crippen LogP) is 3.51. The van der Waals surface area contributed by atoms with Crippen LogP contribution >= 0.6 is 0 Å². The molecule has 0 radical (unpaired) electrons. The second-order valence-electron chi connectivity index (χ2n) is 9.64. The molecule has 4 aliphatic carbocycles. The second kappa shape index (κ2) is 4.98. The maximum absolute atomic E-state index is 6.75. The molecule has 4 rings (SSSR count). The van der Waals surface area contributed by atoms with Crippen LogP contribution in [0.15, 0.2) is 0 Å². The fourth-order valence-corrected chi connectivity index (χ4v) is 6.04. The largest absolute Gasteiger partial charge is 0.326 e. The van der Waals surface area contributed by atoms with Crippen LogP contribution in [-0.2, 0) is 0 Å². The number of nitrogens with two attached hydrogens (primary N) is 1. The average molecular weight is 278 g/mol. The predicted molar refractivity (Wildman–Crippen MR) is 85.5 cm³/mol. The Morgan fingerprint density at radius 3 is 1.90 bits per heavy atom. The summed E-state index contributed by atoms with van der Waals surface area (Å²) in [5.41, 5.74) is 7.62. The summed E-state index contributed by atoms with van der Waals surface area (Å²) in [5.74, 6) is 3.04. The molecule has 4 fully saturated rings. The number of hydrogen-bond donors (Lipinski definition) is 1. The summed E-state index contributed by atoms with van der Waals surface area (Å²) in [6.07, 6.45) is 8.86. The van der Waals surface area contributed by atoms with E-state index in [1.807, 2.05) is 0 Å². The molecule has 0 aliphatic heterocycles. The van der Waals surface area contributed by atoms with Crippen LogP contribution in [0.5, 0.6) is 0 Å². The Bertz CT molecular complexity index is 320. The van der Waals surface area contributed by atoms with Gasteiger partial charge in [0.15, 0.2) is 0 Å². The summed E-state index contributed by atoms with van der Waals surface area (Å²) < 4.78 is 0. The van der Waals surface area contributed by atoms with Crippen molar-refractivity contribution in [2.45, 2.75) is 65.3 Å². The van der Waals surface area contributed by atoms with E-state index in [4.69, 9.17) is 5.73 Å². The Morgan fingerprint density at radius 1 is 1.05 bits per heavy atom. The zero-order chi connectivity index (χ0) is 14.5. The van der Waals surface area contributed by atoms with E-state index in [1.54, 1.807) is 0 Å². The molecule has 116 valence electrons. The van der Waals surface area contributed by atoms with Gasteiger partial charge in [0.2, 0.25) is 0 Å². The van der Waals surface area contributed by atoms with Crippen LogP contribution in [0, 0.1) is 28.6 Å². The summed E-state index contributed by atoms with van der Waals surface area (Å²) in [4.78, 5) is 2.48. The zero-order valence-electron chi connectivity index (χ0n) is 14.0. The highest BCUT2D eigenvalue weighted by Crippen LogP contribution is 2.61. The van der Waals surface area contributed by atoms with Gasteiger partial charge in [0.05, 0.1) is 0 Å². The first kappa shape index (κ1) is 14.8. The van der Waals surface area contributed by atoms with Crippen LogP contribution in [-0.4, -0.2) is 31.1 Å². The molecule has 0 saturated heterocycles. The van der Waals surface area contributed by atoms with Crippen molar-refractivity contribution >= 4 is 0 Å². The van der Waals surface area contributed by atoms with E-state index in [0.29, 0.717) is 16.9 Å². The van der Waals surface area contributed by atoms with Gasteiger partial charge in [-0.1, -0.05) is 20.8 Å². The second-order valence-corrected chi connectivity index (χ2v) is 9.64. The number of likely N-dealkylation sites (N-methyl/N-ethyl adjacent to an activating group) is 1. The first-order chi connectivity index (χ1) is 9.26. The summed E-state index contributed by atoms with van der Waals surface area (Å²) in [5, 5.41) is 0. The lowest BCUT2D eigenvalue weighted by atomic mass is 9.48. The minimum Gasteiger partial charge on any atom is -0.326 e. The molecule has 0 aromatic carbocycles. The van der Waals surface area contributed by atoms with E-state index in [2.05, 4.69) is 32.7 Å². The quantitative estimate of drug-likeness (QED) is 0.852. The Kier molecular flexibility index (Phi) is 3.70. The van der Waals surface area contributed by atoms with E-state index in [1.165, 1.54) is 38.5 Å². The molecule has 0 aromatic heterocycles. The lowest BCUT2D eigenvalue weighted by Gasteiger charge is -2.59. The van der Waals surface area contributed by atoms with E-state index in [9.17, 15) is 0 Å².